The summed E-state index contributed by atoms with van der Waals surface area (Å²) in [4.78, 5) is 0. The van der Waals surface area contributed by atoms with E-state index in [0.717, 1.165) is 6.54 Å². The van der Waals surface area contributed by atoms with Gasteiger partial charge in [-0.1, -0.05) is 57.2 Å². The van der Waals surface area contributed by atoms with Crippen LogP contribution in [0.2, 0.25) is 0 Å². The van der Waals surface area contributed by atoms with Crippen LogP contribution in [0.15, 0.2) is 42.5 Å². The van der Waals surface area contributed by atoms with Crippen LogP contribution in [0, 0.1) is 5.92 Å². The third kappa shape index (κ3) is 3.11. The zero-order valence-corrected chi connectivity index (χ0v) is 11.6. The Balaban J connectivity index is 2.07. The monoisotopic (exact) mass is 241 g/mol. The molecule has 0 fully saturated rings. The third-order valence-corrected chi connectivity index (χ3v) is 3.63. The number of benzene rings is 2. The van der Waals surface area contributed by atoms with E-state index in [2.05, 4.69) is 68.6 Å². The number of hydrogen-bond donors (Lipinski definition) is 1. The highest BCUT2D eigenvalue weighted by atomic mass is 14.9. The molecule has 18 heavy (non-hydrogen) atoms. The molecule has 0 heterocycles. The zero-order valence-electron chi connectivity index (χ0n) is 11.6. The predicted molar refractivity (Wildman–Crippen MR) is 79.7 cm³/mol. The standard InChI is InChI=1S/C17H23N/c1-4-17(13(2)3)18-12-14-9-10-15-7-5-6-8-16(15)11-14/h5-11,13,17-18H,4,12H2,1-3H3. The molecule has 96 valence electrons. The Morgan fingerprint density at radius 2 is 1.72 bits per heavy atom. The summed E-state index contributed by atoms with van der Waals surface area (Å²) in [7, 11) is 0. The summed E-state index contributed by atoms with van der Waals surface area (Å²) in [6, 6.07) is 15.9. The van der Waals surface area contributed by atoms with E-state index in [1.165, 1.54) is 22.8 Å². The molecule has 1 unspecified atom stereocenters. The molecule has 0 aliphatic rings. The topological polar surface area (TPSA) is 12.0 Å². The van der Waals surface area contributed by atoms with Gasteiger partial charge in [-0.05, 0) is 34.7 Å². The van der Waals surface area contributed by atoms with Crippen molar-refractivity contribution in [3.63, 3.8) is 0 Å². The molecule has 1 heteroatoms. The van der Waals surface area contributed by atoms with Gasteiger partial charge in [0, 0.05) is 12.6 Å². The molecule has 0 bridgehead atoms. The first kappa shape index (κ1) is 13.1. The van der Waals surface area contributed by atoms with E-state index < -0.39 is 0 Å². The highest BCUT2D eigenvalue weighted by Crippen LogP contribution is 2.16. The van der Waals surface area contributed by atoms with Crippen molar-refractivity contribution in [2.75, 3.05) is 0 Å². The first-order valence-electron chi connectivity index (χ1n) is 6.91. The second-order valence-electron chi connectivity index (χ2n) is 5.32. The van der Waals surface area contributed by atoms with Gasteiger partial charge in [0.1, 0.15) is 0 Å². The van der Waals surface area contributed by atoms with Gasteiger partial charge in [0.2, 0.25) is 0 Å². The van der Waals surface area contributed by atoms with E-state index >= 15 is 0 Å². The molecule has 0 spiro atoms. The van der Waals surface area contributed by atoms with Crippen LogP contribution in [0.1, 0.15) is 32.8 Å². The number of rotatable bonds is 5. The average molecular weight is 241 g/mol. The first-order valence-corrected chi connectivity index (χ1v) is 6.91. The Bertz CT molecular complexity index is 502. The zero-order chi connectivity index (χ0) is 13.0. The Morgan fingerprint density at radius 1 is 1.00 bits per heavy atom. The second kappa shape index (κ2) is 6.01. The number of nitrogens with one attached hydrogen (secondary N) is 1. The van der Waals surface area contributed by atoms with E-state index in [9.17, 15) is 0 Å². The lowest BCUT2D eigenvalue weighted by Crippen LogP contribution is -2.32. The molecule has 1 atom stereocenters. The Labute approximate surface area is 110 Å². The molecule has 0 radical (unpaired) electrons. The fraction of sp³-hybridized carbons (Fsp3) is 0.412. The number of hydrogen-bond acceptors (Lipinski definition) is 1. The van der Waals surface area contributed by atoms with Crippen molar-refractivity contribution in [2.24, 2.45) is 5.92 Å². The SMILES string of the molecule is CCC(NCc1ccc2ccccc2c1)C(C)C. The maximum Gasteiger partial charge on any atom is 0.0208 e. The van der Waals surface area contributed by atoms with E-state index in [-0.39, 0.29) is 0 Å². The smallest absolute Gasteiger partial charge is 0.0208 e. The van der Waals surface area contributed by atoms with Gasteiger partial charge >= 0.3 is 0 Å². The molecular formula is C17H23N. The highest BCUT2D eigenvalue weighted by Gasteiger charge is 2.09. The lowest BCUT2D eigenvalue weighted by Gasteiger charge is -2.20. The minimum atomic E-state index is 0.608. The Morgan fingerprint density at radius 3 is 2.39 bits per heavy atom. The van der Waals surface area contributed by atoms with Crippen molar-refractivity contribution >= 4 is 10.8 Å². The van der Waals surface area contributed by atoms with Crippen LogP contribution in [-0.4, -0.2) is 6.04 Å². The largest absolute Gasteiger partial charge is 0.310 e. The van der Waals surface area contributed by atoms with Gasteiger partial charge < -0.3 is 5.32 Å². The van der Waals surface area contributed by atoms with Crippen molar-refractivity contribution in [1.82, 2.24) is 5.32 Å². The maximum atomic E-state index is 3.65. The van der Waals surface area contributed by atoms with Gasteiger partial charge in [0.25, 0.3) is 0 Å². The van der Waals surface area contributed by atoms with Crippen molar-refractivity contribution in [2.45, 2.75) is 39.8 Å². The fourth-order valence-electron chi connectivity index (χ4n) is 2.45. The molecule has 0 aliphatic heterocycles. The summed E-state index contributed by atoms with van der Waals surface area (Å²) in [5.41, 5.74) is 1.37. The van der Waals surface area contributed by atoms with Gasteiger partial charge in [0.05, 0.1) is 0 Å². The molecule has 2 aromatic carbocycles. The van der Waals surface area contributed by atoms with Crippen molar-refractivity contribution in [3.8, 4) is 0 Å². The molecular weight excluding hydrogens is 218 g/mol. The molecule has 0 saturated carbocycles. The van der Waals surface area contributed by atoms with E-state index in [0.29, 0.717) is 12.0 Å². The first-order chi connectivity index (χ1) is 8.70. The minimum Gasteiger partial charge on any atom is -0.310 e. The van der Waals surface area contributed by atoms with Crippen LogP contribution in [0.4, 0.5) is 0 Å². The van der Waals surface area contributed by atoms with Crippen molar-refractivity contribution < 1.29 is 0 Å². The minimum absolute atomic E-state index is 0.608. The molecule has 1 nitrogen and oxygen atoms in total. The van der Waals surface area contributed by atoms with Crippen LogP contribution in [0.3, 0.4) is 0 Å². The Hall–Kier alpha value is -1.34. The molecule has 2 rings (SSSR count). The van der Waals surface area contributed by atoms with Crippen molar-refractivity contribution in [3.05, 3.63) is 48.0 Å². The molecule has 0 saturated heterocycles. The molecule has 2 aromatic rings. The van der Waals surface area contributed by atoms with Gasteiger partial charge in [-0.15, -0.1) is 0 Å². The van der Waals surface area contributed by atoms with Crippen molar-refractivity contribution in [1.29, 1.82) is 0 Å². The van der Waals surface area contributed by atoms with Gasteiger partial charge in [-0.25, -0.2) is 0 Å². The molecule has 0 aliphatic carbocycles. The molecule has 0 aromatic heterocycles. The summed E-state index contributed by atoms with van der Waals surface area (Å²) in [6.45, 7) is 7.77. The van der Waals surface area contributed by atoms with Crippen LogP contribution in [0.25, 0.3) is 10.8 Å². The predicted octanol–water partition coefficient (Wildman–Crippen LogP) is 4.36. The van der Waals surface area contributed by atoms with Gasteiger partial charge in [-0.3, -0.25) is 0 Å². The molecule has 1 N–H and O–H groups in total. The summed E-state index contributed by atoms with van der Waals surface area (Å²) in [5.74, 6) is 0.690. The summed E-state index contributed by atoms with van der Waals surface area (Å²) in [5, 5.41) is 6.29. The maximum absolute atomic E-state index is 3.65. The highest BCUT2D eigenvalue weighted by molar-refractivity contribution is 5.82. The summed E-state index contributed by atoms with van der Waals surface area (Å²) < 4.78 is 0. The van der Waals surface area contributed by atoms with Gasteiger partial charge in [-0.2, -0.15) is 0 Å². The lowest BCUT2D eigenvalue weighted by atomic mass is 10.0. The molecule has 0 amide bonds. The van der Waals surface area contributed by atoms with E-state index in [1.807, 2.05) is 0 Å². The quantitative estimate of drug-likeness (QED) is 0.820. The fourth-order valence-corrected chi connectivity index (χ4v) is 2.45. The Kier molecular flexibility index (Phi) is 4.38. The summed E-state index contributed by atoms with van der Waals surface area (Å²) in [6.07, 6.45) is 1.19. The second-order valence-corrected chi connectivity index (χ2v) is 5.32. The number of fused-ring (bicyclic) bond motifs is 1. The van der Waals surface area contributed by atoms with Crippen LogP contribution in [-0.2, 0) is 6.54 Å². The lowest BCUT2D eigenvalue weighted by molar-refractivity contribution is 0.387. The average Bonchev–Trinajstić information content (AvgIpc) is 2.39. The third-order valence-electron chi connectivity index (χ3n) is 3.63. The summed E-state index contributed by atoms with van der Waals surface area (Å²) >= 11 is 0. The van der Waals surface area contributed by atoms with E-state index in [4.69, 9.17) is 0 Å². The van der Waals surface area contributed by atoms with Crippen LogP contribution >= 0.6 is 0 Å². The normalized spacial score (nSPS) is 13.1. The van der Waals surface area contributed by atoms with Gasteiger partial charge in [0.15, 0.2) is 0 Å². The van der Waals surface area contributed by atoms with E-state index in [1.54, 1.807) is 0 Å². The van der Waals surface area contributed by atoms with Crippen LogP contribution < -0.4 is 5.32 Å². The van der Waals surface area contributed by atoms with Crippen LogP contribution in [0.5, 0.6) is 0 Å².